The number of nitrogens with one attached hydrogen (secondary N) is 1. The van der Waals surface area contributed by atoms with Gasteiger partial charge in [-0.2, -0.15) is 0 Å². The molecule has 170 valence electrons. The van der Waals surface area contributed by atoms with Crippen LogP contribution in [0.5, 0.6) is 0 Å². The topological polar surface area (TPSA) is 117 Å². The molecule has 1 unspecified atom stereocenters. The molecule has 32 heavy (non-hydrogen) atoms. The van der Waals surface area contributed by atoms with Crippen LogP contribution in [0.4, 0.5) is 4.39 Å². The second kappa shape index (κ2) is 10.7. The number of nitrogens with zero attached hydrogens (tertiary/aromatic N) is 1. The number of rotatable bonds is 9. The Labute approximate surface area is 184 Å². The van der Waals surface area contributed by atoms with Gasteiger partial charge in [0.2, 0.25) is 5.91 Å². The fraction of sp³-hybridized carbons (Fsp3) is 0.391. The Bertz CT molecular complexity index is 982. The van der Waals surface area contributed by atoms with Crippen LogP contribution in [-0.2, 0) is 14.4 Å². The van der Waals surface area contributed by atoms with Crippen molar-refractivity contribution in [3.8, 4) is 11.3 Å². The van der Waals surface area contributed by atoms with Gasteiger partial charge in [0.1, 0.15) is 17.9 Å². The second-order valence-electron chi connectivity index (χ2n) is 7.82. The Morgan fingerprint density at radius 2 is 1.97 bits per heavy atom. The molecule has 8 nitrogen and oxygen atoms in total. The highest BCUT2D eigenvalue weighted by Crippen LogP contribution is 2.29. The van der Waals surface area contributed by atoms with Gasteiger partial charge in [0.15, 0.2) is 11.8 Å². The molecule has 0 radical (unpaired) electrons. The first-order valence-corrected chi connectivity index (χ1v) is 10.5. The molecule has 9 heteroatoms. The highest BCUT2D eigenvalue weighted by Gasteiger charge is 2.32. The number of aldehydes is 1. The minimum absolute atomic E-state index is 0.0558. The van der Waals surface area contributed by atoms with Crippen LogP contribution in [0.2, 0.25) is 0 Å². The fourth-order valence-electron chi connectivity index (χ4n) is 3.89. The van der Waals surface area contributed by atoms with Crippen LogP contribution in [0.25, 0.3) is 11.3 Å². The van der Waals surface area contributed by atoms with Crippen LogP contribution < -0.4 is 5.43 Å². The van der Waals surface area contributed by atoms with Crippen molar-refractivity contribution in [3.63, 3.8) is 0 Å². The molecule has 1 fully saturated rings. The van der Waals surface area contributed by atoms with E-state index in [-0.39, 0.29) is 17.9 Å². The van der Waals surface area contributed by atoms with Crippen molar-refractivity contribution in [2.75, 3.05) is 0 Å². The van der Waals surface area contributed by atoms with Crippen molar-refractivity contribution in [1.29, 1.82) is 0 Å². The third-order valence-electron chi connectivity index (χ3n) is 5.59. The van der Waals surface area contributed by atoms with Crippen LogP contribution >= 0.6 is 0 Å². The zero-order valence-electron chi connectivity index (χ0n) is 17.5. The molecule has 0 saturated heterocycles. The molecule has 0 spiro atoms. The third-order valence-corrected chi connectivity index (χ3v) is 5.59. The van der Waals surface area contributed by atoms with Gasteiger partial charge in [0.05, 0.1) is 0 Å². The maximum Gasteiger partial charge on any atom is 0.329 e. The van der Waals surface area contributed by atoms with Crippen LogP contribution in [0.1, 0.15) is 55.5 Å². The highest BCUT2D eigenvalue weighted by molar-refractivity contribution is 5.95. The molecular formula is C23H25FN2O6. The zero-order valence-corrected chi connectivity index (χ0v) is 17.5. The number of carbonyl (C=O) groups is 4. The van der Waals surface area contributed by atoms with Crippen LogP contribution in [0.15, 0.2) is 40.8 Å². The lowest BCUT2D eigenvalue weighted by atomic mass is 10.0. The predicted molar refractivity (Wildman–Crippen MR) is 112 cm³/mol. The number of carbonyl (C=O) groups excluding carboxylic acids is 3. The van der Waals surface area contributed by atoms with Crippen molar-refractivity contribution >= 4 is 24.1 Å². The van der Waals surface area contributed by atoms with E-state index in [4.69, 9.17) is 4.42 Å². The summed E-state index contributed by atoms with van der Waals surface area (Å²) in [6, 6.07) is 6.88. The van der Waals surface area contributed by atoms with Crippen molar-refractivity contribution < 1.29 is 33.1 Å². The average Bonchev–Trinajstić information content (AvgIpc) is 3.46. The molecule has 0 aliphatic heterocycles. The van der Waals surface area contributed by atoms with E-state index in [2.05, 4.69) is 5.43 Å². The molecule has 2 N–H and O–H groups in total. The van der Waals surface area contributed by atoms with Crippen LogP contribution in [-0.4, -0.2) is 40.2 Å². The number of hydrogen-bond acceptors (Lipinski definition) is 5. The normalized spacial score (nSPS) is 14.7. The largest absolute Gasteiger partial charge is 0.480 e. The first-order valence-electron chi connectivity index (χ1n) is 10.5. The van der Waals surface area contributed by atoms with Crippen molar-refractivity contribution in [3.05, 3.63) is 48.0 Å². The van der Waals surface area contributed by atoms with Gasteiger partial charge in [-0.05, 0) is 36.6 Å². The number of amides is 2. The summed E-state index contributed by atoms with van der Waals surface area (Å²) >= 11 is 0. The summed E-state index contributed by atoms with van der Waals surface area (Å²) < 4.78 is 18.9. The number of carboxylic acid groups (broad SMARTS) is 1. The smallest absolute Gasteiger partial charge is 0.329 e. The Hall–Kier alpha value is -3.49. The lowest BCUT2D eigenvalue weighted by molar-refractivity contribution is -0.153. The summed E-state index contributed by atoms with van der Waals surface area (Å²) in [5.74, 6) is -2.88. The molecule has 1 heterocycles. The molecule has 2 amide bonds. The monoisotopic (exact) mass is 444 g/mol. The van der Waals surface area contributed by atoms with Gasteiger partial charge in [0, 0.05) is 18.4 Å². The van der Waals surface area contributed by atoms with Gasteiger partial charge >= 0.3 is 11.9 Å². The van der Waals surface area contributed by atoms with E-state index in [1.165, 1.54) is 30.3 Å². The van der Waals surface area contributed by atoms with Gasteiger partial charge in [-0.3, -0.25) is 15.0 Å². The molecule has 3 rings (SSSR count). The molecule has 0 bridgehead atoms. The van der Waals surface area contributed by atoms with Gasteiger partial charge in [0.25, 0.3) is 0 Å². The molecule has 1 aromatic heterocycles. The van der Waals surface area contributed by atoms with E-state index in [0.29, 0.717) is 29.2 Å². The standard InChI is InChI=1S/C23H25FN2O6/c24-17-7-3-6-16(14-17)19-9-10-20(32-19)22(29)25-26(18(12-13-27)23(30)31)21(28)11-8-15-4-1-2-5-15/h3,6-7,9-10,13-15,18H,1-2,4-5,8,11-12H2,(H,25,29)(H,30,31). The quantitative estimate of drug-likeness (QED) is 0.451. The van der Waals surface area contributed by atoms with Gasteiger partial charge in [-0.1, -0.05) is 37.8 Å². The fourth-order valence-corrected chi connectivity index (χ4v) is 3.89. The highest BCUT2D eigenvalue weighted by atomic mass is 19.1. The van der Waals surface area contributed by atoms with E-state index in [0.717, 1.165) is 25.7 Å². The number of hydrazine groups is 1. The SMILES string of the molecule is O=CCC(C(=O)O)N(NC(=O)c1ccc(-c2cccc(F)c2)o1)C(=O)CCC1CCCC1. The number of aliphatic carboxylic acids is 1. The second-order valence-corrected chi connectivity index (χ2v) is 7.82. The summed E-state index contributed by atoms with van der Waals surface area (Å²) in [6.07, 6.45) is 4.80. The predicted octanol–water partition coefficient (Wildman–Crippen LogP) is 3.57. The van der Waals surface area contributed by atoms with Crippen molar-refractivity contribution in [1.82, 2.24) is 10.4 Å². The molecule has 1 saturated carbocycles. The van der Waals surface area contributed by atoms with Crippen LogP contribution in [0, 0.1) is 11.7 Å². The summed E-state index contributed by atoms with van der Waals surface area (Å²) in [4.78, 5) is 48.2. The molecule has 2 aromatic rings. The van der Waals surface area contributed by atoms with E-state index < -0.39 is 36.1 Å². The lowest BCUT2D eigenvalue weighted by Gasteiger charge is -2.28. The summed E-state index contributed by atoms with van der Waals surface area (Å²) in [5.41, 5.74) is 2.70. The Morgan fingerprint density at radius 3 is 2.62 bits per heavy atom. The van der Waals surface area contributed by atoms with E-state index in [1.807, 2.05) is 0 Å². The number of benzene rings is 1. The van der Waals surface area contributed by atoms with E-state index >= 15 is 0 Å². The van der Waals surface area contributed by atoms with Crippen molar-refractivity contribution in [2.45, 2.75) is 51.0 Å². The summed E-state index contributed by atoms with van der Waals surface area (Å²) in [6.45, 7) is 0. The lowest BCUT2D eigenvalue weighted by Crippen LogP contribution is -2.55. The Balaban J connectivity index is 1.75. The molecular weight excluding hydrogens is 419 g/mol. The third kappa shape index (κ3) is 5.81. The maximum absolute atomic E-state index is 13.5. The van der Waals surface area contributed by atoms with Crippen molar-refractivity contribution in [2.24, 2.45) is 5.92 Å². The zero-order chi connectivity index (χ0) is 23.1. The average molecular weight is 444 g/mol. The first-order chi connectivity index (χ1) is 15.4. The number of hydrogen-bond donors (Lipinski definition) is 2. The molecule has 1 aromatic carbocycles. The number of furan rings is 1. The van der Waals surface area contributed by atoms with Gasteiger partial charge < -0.3 is 14.3 Å². The molecule has 1 atom stereocenters. The molecule has 1 aliphatic rings. The maximum atomic E-state index is 13.5. The molecule has 1 aliphatic carbocycles. The number of carboxylic acids is 1. The van der Waals surface area contributed by atoms with Crippen LogP contribution in [0.3, 0.4) is 0 Å². The first kappa shape index (κ1) is 23.2. The minimum Gasteiger partial charge on any atom is -0.480 e. The van der Waals surface area contributed by atoms with Gasteiger partial charge in [-0.15, -0.1) is 0 Å². The van der Waals surface area contributed by atoms with Gasteiger partial charge in [-0.25, -0.2) is 14.2 Å². The number of halogens is 1. The minimum atomic E-state index is -1.54. The van der Waals surface area contributed by atoms with E-state index in [1.54, 1.807) is 6.07 Å². The Kier molecular flexibility index (Phi) is 7.75. The summed E-state index contributed by atoms with van der Waals surface area (Å²) in [5, 5.41) is 10.2. The summed E-state index contributed by atoms with van der Waals surface area (Å²) in [7, 11) is 0. The van der Waals surface area contributed by atoms with E-state index in [9.17, 15) is 28.7 Å². The Morgan fingerprint density at radius 1 is 1.22 bits per heavy atom.